The van der Waals surface area contributed by atoms with Crippen molar-refractivity contribution < 1.29 is 0 Å². The average Bonchev–Trinajstić information content (AvgIpc) is 2.36. The number of nitrogens with zero attached hydrogens (tertiary/aromatic N) is 4. The molecule has 2 aliphatic heterocycles. The summed E-state index contributed by atoms with van der Waals surface area (Å²) < 4.78 is 0. The Labute approximate surface area is 57.9 Å². The molecule has 0 unspecified atom stereocenters. The topological polar surface area (TPSA) is 66.3 Å². The summed E-state index contributed by atoms with van der Waals surface area (Å²) in [6, 6.07) is 0. The summed E-state index contributed by atoms with van der Waals surface area (Å²) in [5, 5.41) is 7.35. The third-order valence-electron chi connectivity index (χ3n) is 1.48. The van der Waals surface area contributed by atoms with Crippen molar-refractivity contribution in [3.05, 3.63) is 0 Å². The summed E-state index contributed by atoms with van der Waals surface area (Å²) in [6.07, 6.45) is 1.61. The largest absolute Gasteiger partial charge is 0.368 e. The van der Waals surface area contributed by atoms with Crippen LogP contribution in [0.1, 0.15) is 0 Å². The molecule has 5 nitrogen and oxygen atoms in total. The van der Waals surface area contributed by atoms with Gasteiger partial charge in [0.25, 0.3) is 0 Å². The standard InChI is InChI=1S/C5H7N5/c6-5-9-8-3-4-7-1-2-10(4)5/h3H,1-2H2,(H2,6,9). The first-order valence-electron chi connectivity index (χ1n) is 3.06. The lowest BCUT2D eigenvalue weighted by atomic mass is 10.5. The molecule has 0 bridgehead atoms. The SMILES string of the molecule is NC1=NN=CC2=NCCN12. The summed E-state index contributed by atoms with van der Waals surface area (Å²) in [5.74, 6) is 1.27. The molecule has 0 saturated carbocycles. The van der Waals surface area contributed by atoms with Crippen LogP contribution in [0.15, 0.2) is 15.2 Å². The zero-order valence-electron chi connectivity index (χ0n) is 5.36. The fraction of sp³-hybridized carbons (Fsp3) is 0.400. The highest BCUT2D eigenvalue weighted by Gasteiger charge is 2.20. The van der Waals surface area contributed by atoms with Crippen molar-refractivity contribution in [2.75, 3.05) is 13.1 Å². The van der Waals surface area contributed by atoms with Crippen LogP contribution in [0.4, 0.5) is 0 Å². The van der Waals surface area contributed by atoms with E-state index in [1.807, 2.05) is 4.90 Å². The van der Waals surface area contributed by atoms with Crippen LogP contribution in [0.2, 0.25) is 0 Å². The van der Waals surface area contributed by atoms with Crippen LogP contribution in [-0.4, -0.2) is 36.0 Å². The van der Waals surface area contributed by atoms with Crippen LogP contribution >= 0.6 is 0 Å². The molecule has 0 radical (unpaired) electrons. The Bertz CT molecular complexity index is 238. The van der Waals surface area contributed by atoms with Crippen LogP contribution < -0.4 is 5.73 Å². The predicted molar refractivity (Wildman–Crippen MR) is 39.1 cm³/mol. The van der Waals surface area contributed by atoms with E-state index in [2.05, 4.69) is 15.2 Å². The van der Waals surface area contributed by atoms with Crippen LogP contribution in [-0.2, 0) is 0 Å². The highest BCUT2D eigenvalue weighted by Crippen LogP contribution is 2.02. The van der Waals surface area contributed by atoms with Gasteiger partial charge in [0, 0.05) is 6.54 Å². The van der Waals surface area contributed by atoms with Gasteiger partial charge in [0.1, 0.15) is 0 Å². The molecule has 0 spiro atoms. The lowest BCUT2D eigenvalue weighted by Gasteiger charge is -2.17. The molecular formula is C5H7N5. The number of amidine groups is 1. The summed E-state index contributed by atoms with van der Waals surface area (Å²) in [7, 11) is 0. The third kappa shape index (κ3) is 0.601. The third-order valence-corrected chi connectivity index (χ3v) is 1.48. The van der Waals surface area contributed by atoms with Gasteiger partial charge in [-0.2, -0.15) is 5.10 Å². The molecule has 0 aliphatic carbocycles. The molecule has 0 amide bonds. The zero-order chi connectivity index (χ0) is 6.97. The van der Waals surface area contributed by atoms with Crippen LogP contribution in [0.25, 0.3) is 0 Å². The minimum atomic E-state index is 0.443. The van der Waals surface area contributed by atoms with E-state index in [1.54, 1.807) is 6.21 Å². The van der Waals surface area contributed by atoms with E-state index in [0.29, 0.717) is 5.96 Å². The van der Waals surface area contributed by atoms with Crippen molar-refractivity contribution in [1.82, 2.24) is 4.90 Å². The second-order valence-corrected chi connectivity index (χ2v) is 2.09. The quantitative estimate of drug-likeness (QED) is 0.466. The molecule has 0 fully saturated rings. The summed E-state index contributed by atoms with van der Waals surface area (Å²) in [5.41, 5.74) is 5.50. The van der Waals surface area contributed by atoms with Gasteiger partial charge in [-0.15, -0.1) is 5.10 Å². The molecule has 2 heterocycles. The van der Waals surface area contributed by atoms with Crippen molar-refractivity contribution in [3.8, 4) is 0 Å². The fourth-order valence-electron chi connectivity index (χ4n) is 1.00. The monoisotopic (exact) mass is 137 g/mol. The smallest absolute Gasteiger partial charge is 0.222 e. The first-order chi connectivity index (χ1) is 4.88. The lowest BCUT2D eigenvalue weighted by Crippen LogP contribution is -2.41. The van der Waals surface area contributed by atoms with Gasteiger partial charge in [-0.05, 0) is 0 Å². The molecule has 0 aromatic carbocycles. The first kappa shape index (κ1) is 5.40. The molecular weight excluding hydrogens is 130 g/mol. The summed E-state index contributed by atoms with van der Waals surface area (Å²) >= 11 is 0. The molecule has 0 aromatic rings. The fourth-order valence-corrected chi connectivity index (χ4v) is 1.00. The number of hydrogen-bond acceptors (Lipinski definition) is 5. The van der Waals surface area contributed by atoms with Crippen molar-refractivity contribution >= 4 is 18.0 Å². The Balaban J connectivity index is 2.36. The minimum absolute atomic E-state index is 0.443. The number of fused-ring (bicyclic) bond motifs is 1. The van der Waals surface area contributed by atoms with E-state index in [4.69, 9.17) is 5.73 Å². The Morgan fingerprint density at radius 1 is 1.60 bits per heavy atom. The van der Waals surface area contributed by atoms with Gasteiger partial charge in [0.15, 0.2) is 5.84 Å². The van der Waals surface area contributed by atoms with Gasteiger partial charge in [-0.25, -0.2) is 0 Å². The Hall–Kier alpha value is -1.39. The van der Waals surface area contributed by atoms with E-state index >= 15 is 0 Å². The summed E-state index contributed by atoms with van der Waals surface area (Å²) in [6.45, 7) is 1.62. The molecule has 2 N–H and O–H groups in total. The maximum atomic E-state index is 5.50. The Kier molecular flexibility index (Phi) is 0.969. The molecule has 0 aromatic heterocycles. The highest BCUT2D eigenvalue weighted by atomic mass is 15.4. The molecule has 0 saturated heterocycles. The highest BCUT2D eigenvalue weighted by molar-refractivity contribution is 6.34. The maximum absolute atomic E-state index is 5.50. The van der Waals surface area contributed by atoms with Gasteiger partial charge in [-0.3, -0.25) is 9.89 Å². The van der Waals surface area contributed by atoms with Crippen LogP contribution in [0.5, 0.6) is 0 Å². The number of rotatable bonds is 0. The number of nitrogens with two attached hydrogens (primary N) is 1. The van der Waals surface area contributed by atoms with Gasteiger partial charge >= 0.3 is 0 Å². The maximum Gasteiger partial charge on any atom is 0.222 e. The van der Waals surface area contributed by atoms with Crippen molar-refractivity contribution in [1.29, 1.82) is 0 Å². The van der Waals surface area contributed by atoms with E-state index in [1.165, 1.54) is 0 Å². The van der Waals surface area contributed by atoms with Crippen LogP contribution in [0.3, 0.4) is 0 Å². The van der Waals surface area contributed by atoms with Gasteiger partial charge in [0.2, 0.25) is 5.96 Å². The van der Waals surface area contributed by atoms with Crippen LogP contribution in [0, 0.1) is 0 Å². The first-order valence-corrected chi connectivity index (χ1v) is 3.06. The predicted octanol–water partition coefficient (Wildman–Crippen LogP) is -0.985. The van der Waals surface area contributed by atoms with Crippen molar-refractivity contribution in [3.63, 3.8) is 0 Å². The molecule has 2 aliphatic rings. The van der Waals surface area contributed by atoms with E-state index in [0.717, 1.165) is 18.9 Å². The van der Waals surface area contributed by atoms with Gasteiger partial charge in [0.05, 0.1) is 12.8 Å². The van der Waals surface area contributed by atoms with E-state index < -0.39 is 0 Å². The molecule has 52 valence electrons. The Morgan fingerprint density at radius 3 is 3.30 bits per heavy atom. The Morgan fingerprint density at radius 2 is 2.50 bits per heavy atom. The molecule has 2 rings (SSSR count). The average molecular weight is 137 g/mol. The van der Waals surface area contributed by atoms with E-state index in [-0.39, 0.29) is 0 Å². The zero-order valence-corrected chi connectivity index (χ0v) is 5.36. The van der Waals surface area contributed by atoms with Crippen molar-refractivity contribution in [2.45, 2.75) is 0 Å². The molecule has 0 atom stereocenters. The minimum Gasteiger partial charge on any atom is -0.368 e. The van der Waals surface area contributed by atoms with Gasteiger partial charge < -0.3 is 5.73 Å². The normalized spacial score (nSPS) is 22.2. The molecule has 10 heavy (non-hydrogen) atoms. The second-order valence-electron chi connectivity index (χ2n) is 2.09. The lowest BCUT2D eigenvalue weighted by molar-refractivity contribution is 0.655. The van der Waals surface area contributed by atoms with Crippen molar-refractivity contribution in [2.24, 2.45) is 20.9 Å². The summed E-state index contributed by atoms with van der Waals surface area (Å²) in [4.78, 5) is 5.98. The number of aliphatic imine (C=N–C) groups is 1. The van der Waals surface area contributed by atoms with Gasteiger partial charge in [-0.1, -0.05) is 0 Å². The van der Waals surface area contributed by atoms with E-state index in [9.17, 15) is 0 Å². The second kappa shape index (κ2) is 1.80. The molecule has 5 heteroatoms. The number of hydrogen-bond donors (Lipinski definition) is 1. The number of guanidine groups is 1.